The first-order valence-corrected chi connectivity index (χ1v) is 10.5. The summed E-state index contributed by atoms with van der Waals surface area (Å²) in [5.74, 6) is -0.834. The van der Waals surface area contributed by atoms with E-state index < -0.39 is 17.8 Å². The van der Waals surface area contributed by atoms with Crippen molar-refractivity contribution in [1.29, 1.82) is 0 Å². The van der Waals surface area contributed by atoms with Crippen LogP contribution in [-0.2, 0) is 6.54 Å². The van der Waals surface area contributed by atoms with Crippen LogP contribution in [0.1, 0.15) is 39.7 Å². The van der Waals surface area contributed by atoms with Crippen molar-refractivity contribution in [2.75, 3.05) is 25.0 Å². The first kappa shape index (κ1) is 23.3. The van der Waals surface area contributed by atoms with Gasteiger partial charge in [-0.05, 0) is 63.2 Å². The normalized spacial score (nSPS) is 15.5. The number of halogens is 2. The first-order valence-electron chi connectivity index (χ1n) is 10.5. The van der Waals surface area contributed by atoms with E-state index in [1.165, 1.54) is 24.7 Å². The van der Waals surface area contributed by atoms with E-state index in [0.717, 1.165) is 12.8 Å². The lowest BCUT2D eigenvalue weighted by molar-refractivity contribution is 0.200. The monoisotopic (exact) mass is 447 g/mol. The summed E-state index contributed by atoms with van der Waals surface area (Å²) in [6.07, 6.45) is 7.26. The molecular weight excluding hydrogens is 416 g/mol. The van der Waals surface area contributed by atoms with Crippen LogP contribution in [0.2, 0.25) is 0 Å². The maximum absolute atomic E-state index is 14.8. The van der Waals surface area contributed by atoms with Gasteiger partial charge in [0.05, 0.1) is 0 Å². The SMILES string of the molecule is CCNC(=O)Nc1nccc(CN2CCC(c3ccc(N=C/C=C\N)nc3F)CC2)c1F.[HH].[HH]. The van der Waals surface area contributed by atoms with Crippen molar-refractivity contribution in [3.05, 3.63) is 59.6 Å². The maximum atomic E-state index is 14.8. The lowest BCUT2D eigenvalue weighted by atomic mass is 9.90. The number of likely N-dealkylation sites (tertiary alicyclic amines) is 1. The van der Waals surface area contributed by atoms with Gasteiger partial charge >= 0.3 is 6.03 Å². The van der Waals surface area contributed by atoms with Gasteiger partial charge in [-0.1, -0.05) is 6.07 Å². The van der Waals surface area contributed by atoms with E-state index in [1.807, 2.05) is 0 Å². The van der Waals surface area contributed by atoms with Gasteiger partial charge in [0.2, 0.25) is 5.95 Å². The molecule has 2 amide bonds. The van der Waals surface area contributed by atoms with E-state index >= 15 is 0 Å². The molecule has 8 nitrogen and oxygen atoms in total. The van der Waals surface area contributed by atoms with E-state index in [1.54, 1.807) is 25.1 Å². The van der Waals surface area contributed by atoms with E-state index in [0.29, 0.717) is 37.3 Å². The molecule has 1 aliphatic heterocycles. The molecule has 0 unspecified atom stereocenters. The summed E-state index contributed by atoms with van der Waals surface area (Å²) in [5.41, 5.74) is 6.26. The number of nitrogens with two attached hydrogens (primary N) is 1. The van der Waals surface area contributed by atoms with Crippen LogP contribution in [0.15, 0.2) is 41.7 Å². The summed E-state index contributed by atoms with van der Waals surface area (Å²) < 4.78 is 29.3. The largest absolute Gasteiger partial charge is 0.405 e. The Morgan fingerprint density at radius 1 is 1.34 bits per heavy atom. The van der Waals surface area contributed by atoms with Crippen LogP contribution in [0.4, 0.5) is 25.2 Å². The molecule has 0 aromatic carbocycles. The fourth-order valence-corrected chi connectivity index (χ4v) is 3.63. The minimum absolute atomic E-state index is 0. The zero-order valence-electron chi connectivity index (χ0n) is 17.9. The second-order valence-corrected chi connectivity index (χ2v) is 7.38. The number of urea groups is 1. The maximum Gasteiger partial charge on any atom is 0.320 e. The third-order valence-corrected chi connectivity index (χ3v) is 5.23. The predicted octanol–water partition coefficient (Wildman–Crippen LogP) is 3.94. The number of carbonyl (C=O) groups excluding carboxylic acids is 1. The molecule has 0 radical (unpaired) electrons. The topological polar surface area (TPSA) is 109 Å². The number of aliphatic imine (C=N–C) groups is 1. The number of piperidine rings is 1. The van der Waals surface area contributed by atoms with Crippen molar-refractivity contribution < 1.29 is 16.4 Å². The van der Waals surface area contributed by atoms with Gasteiger partial charge in [-0.3, -0.25) is 10.2 Å². The lowest BCUT2D eigenvalue weighted by Gasteiger charge is -2.32. The average molecular weight is 448 g/mol. The Bertz CT molecular complexity index is 999. The average Bonchev–Trinajstić information content (AvgIpc) is 2.78. The Labute approximate surface area is 188 Å². The van der Waals surface area contributed by atoms with Crippen LogP contribution in [-0.4, -0.2) is 46.7 Å². The number of aromatic nitrogens is 2. The molecule has 0 atom stereocenters. The minimum atomic E-state index is -0.545. The van der Waals surface area contributed by atoms with Crippen molar-refractivity contribution in [2.45, 2.75) is 32.2 Å². The Morgan fingerprint density at radius 2 is 2.12 bits per heavy atom. The van der Waals surface area contributed by atoms with Crippen molar-refractivity contribution in [1.82, 2.24) is 20.2 Å². The van der Waals surface area contributed by atoms with Gasteiger partial charge in [0.25, 0.3) is 0 Å². The molecular formula is C22H31F2N7O. The highest BCUT2D eigenvalue weighted by Crippen LogP contribution is 2.31. The molecule has 1 saturated heterocycles. The van der Waals surface area contributed by atoms with Crippen molar-refractivity contribution in [3.63, 3.8) is 0 Å². The standard InChI is InChI=1S/C22H27F2N7O.2H2/c1-2-26-22(32)30-21-19(23)16(6-11-28-21)14-31-12-7-15(8-13-31)17-4-5-18(29-20(17)24)27-10-3-9-25;;/h3-6,9-11,15H,2,7-8,12-14,25H2,1H3,(H2,26,28,30,32);2*1H/b9-3-,27-10?;;. The van der Waals surface area contributed by atoms with Crippen LogP contribution in [0.3, 0.4) is 0 Å². The number of carbonyl (C=O) groups is 1. The van der Waals surface area contributed by atoms with Crippen molar-refractivity contribution in [2.24, 2.45) is 10.7 Å². The van der Waals surface area contributed by atoms with E-state index in [-0.39, 0.29) is 20.4 Å². The number of allylic oxidation sites excluding steroid dienone is 1. The quantitative estimate of drug-likeness (QED) is 0.440. The molecule has 0 saturated carbocycles. The van der Waals surface area contributed by atoms with E-state index in [9.17, 15) is 13.6 Å². The first-order chi connectivity index (χ1) is 15.5. The Hall–Kier alpha value is -3.40. The number of anilines is 1. The van der Waals surface area contributed by atoms with Gasteiger partial charge in [0.1, 0.15) is 0 Å². The van der Waals surface area contributed by atoms with E-state index in [4.69, 9.17) is 5.73 Å². The van der Waals surface area contributed by atoms with Crippen molar-refractivity contribution >= 4 is 23.9 Å². The minimum Gasteiger partial charge on any atom is -0.405 e. The van der Waals surface area contributed by atoms with Gasteiger partial charge in [0, 0.05) is 39.5 Å². The third-order valence-electron chi connectivity index (χ3n) is 5.23. The highest BCUT2D eigenvalue weighted by molar-refractivity contribution is 5.88. The highest BCUT2D eigenvalue weighted by Gasteiger charge is 2.24. The van der Waals surface area contributed by atoms with Gasteiger partial charge in [-0.15, -0.1) is 0 Å². The number of pyridine rings is 2. The number of amides is 2. The number of rotatable bonds is 7. The Kier molecular flexibility index (Phi) is 8.20. The molecule has 1 fully saturated rings. The summed E-state index contributed by atoms with van der Waals surface area (Å²) in [6.45, 7) is 3.96. The number of hydrogen-bond acceptors (Lipinski definition) is 6. The summed E-state index contributed by atoms with van der Waals surface area (Å²) >= 11 is 0. The van der Waals surface area contributed by atoms with Crippen LogP contribution < -0.4 is 16.4 Å². The molecule has 3 heterocycles. The third kappa shape index (κ3) is 6.07. The molecule has 0 aliphatic carbocycles. The fourth-order valence-electron chi connectivity index (χ4n) is 3.63. The highest BCUT2D eigenvalue weighted by atomic mass is 19.1. The van der Waals surface area contributed by atoms with Gasteiger partial charge < -0.3 is 11.1 Å². The Balaban J connectivity index is 0.00000289. The molecule has 32 heavy (non-hydrogen) atoms. The summed E-state index contributed by atoms with van der Waals surface area (Å²) in [4.78, 5) is 25.6. The second-order valence-electron chi connectivity index (χ2n) is 7.38. The molecule has 4 N–H and O–H groups in total. The fraction of sp³-hybridized carbons (Fsp3) is 0.364. The number of hydrogen-bond donors (Lipinski definition) is 3. The molecule has 2 aromatic heterocycles. The smallest absolute Gasteiger partial charge is 0.320 e. The molecule has 0 bridgehead atoms. The van der Waals surface area contributed by atoms with E-state index in [2.05, 4.69) is 30.5 Å². The molecule has 3 rings (SSSR count). The van der Waals surface area contributed by atoms with Crippen LogP contribution in [0.5, 0.6) is 0 Å². The summed E-state index contributed by atoms with van der Waals surface area (Å²) in [7, 11) is 0. The zero-order valence-corrected chi connectivity index (χ0v) is 17.9. The Morgan fingerprint density at radius 3 is 2.81 bits per heavy atom. The molecule has 2 aromatic rings. The molecule has 10 heteroatoms. The van der Waals surface area contributed by atoms with Crippen LogP contribution in [0, 0.1) is 11.8 Å². The lowest BCUT2D eigenvalue weighted by Crippen LogP contribution is -2.33. The van der Waals surface area contributed by atoms with Gasteiger partial charge in [-0.2, -0.15) is 4.39 Å². The molecule has 174 valence electrons. The molecule has 0 spiro atoms. The predicted molar refractivity (Wildman–Crippen MR) is 124 cm³/mol. The summed E-state index contributed by atoms with van der Waals surface area (Å²) in [6, 6.07) is 4.51. The summed E-state index contributed by atoms with van der Waals surface area (Å²) in [5, 5.41) is 4.97. The van der Waals surface area contributed by atoms with Crippen molar-refractivity contribution in [3.8, 4) is 0 Å². The zero-order chi connectivity index (χ0) is 22.9. The van der Waals surface area contributed by atoms with Crippen LogP contribution in [0.25, 0.3) is 0 Å². The molecule has 1 aliphatic rings. The van der Waals surface area contributed by atoms with Gasteiger partial charge in [-0.25, -0.2) is 24.1 Å². The van der Waals surface area contributed by atoms with Crippen LogP contribution >= 0.6 is 0 Å². The number of nitrogens with one attached hydrogen (secondary N) is 2. The van der Waals surface area contributed by atoms with Gasteiger partial charge in [0.15, 0.2) is 17.5 Å². The number of nitrogens with zero attached hydrogens (tertiary/aromatic N) is 4. The second kappa shape index (κ2) is 11.3.